The van der Waals surface area contributed by atoms with Crippen LogP contribution in [0, 0.1) is 0 Å². The average molecular weight is 295 g/mol. The summed E-state index contributed by atoms with van der Waals surface area (Å²) in [6, 6.07) is 3.88. The highest BCUT2D eigenvalue weighted by Crippen LogP contribution is 2.11. The molecule has 0 amide bonds. The normalized spacial score (nSPS) is 18.9. The quantitative estimate of drug-likeness (QED) is 0.428. The van der Waals surface area contributed by atoms with E-state index in [-0.39, 0.29) is 6.10 Å². The third kappa shape index (κ3) is 6.18. The van der Waals surface area contributed by atoms with Crippen molar-refractivity contribution in [1.29, 1.82) is 0 Å². The first-order valence-electron chi connectivity index (χ1n) is 7.53. The number of rotatable bonds is 8. The fourth-order valence-electron chi connectivity index (χ4n) is 2.19. The molecule has 1 saturated heterocycles. The van der Waals surface area contributed by atoms with Gasteiger partial charge < -0.3 is 24.5 Å². The van der Waals surface area contributed by atoms with Crippen LogP contribution in [-0.4, -0.2) is 52.0 Å². The van der Waals surface area contributed by atoms with E-state index in [0.29, 0.717) is 13.2 Å². The van der Waals surface area contributed by atoms with Gasteiger partial charge in [-0.2, -0.15) is 0 Å². The highest BCUT2D eigenvalue weighted by molar-refractivity contribution is 5.79. The summed E-state index contributed by atoms with van der Waals surface area (Å²) in [6.45, 7) is 3.72. The van der Waals surface area contributed by atoms with Crippen LogP contribution >= 0.6 is 0 Å². The van der Waals surface area contributed by atoms with E-state index >= 15 is 0 Å². The van der Waals surface area contributed by atoms with Gasteiger partial charge in [0.2, 0.25) is 0 Å². The van der Waals surface area contributed by atoms with Crippen LogP contribution in [0.15, 0.2) is 27.8 Å². The van der Waals surface area contributed by atoms with Crippen molar-refractivity contribution in [1.82, 2.24) is 10.6 Å². The standard InChI is InChI=1S/C15H25N3O3/c1-19-11-8-17-15(18-12-14-5-3-10-21-14)16-7-6-13-4-2-9-20-13/h2,4,9,14H,3,5-8,10-12H2,1H3,(H2,16,17,18). The van der Waals surface area contributed by atoms with Crippen LogP contribution in [0.5, 0.6) is 0 Å². The van der Waals surface area contributed by atoms with Crippen molar-refractivity contribution in [3.63, 3.8) is 0 Å². The van der Waals surface area contributed by atoms with Gasteiger partial charge in [-0.25, -0.2) is 0 Å². The number of ether oxygens (including phenoxy) is 2. The van der Waals surface area contributed by atoms with Crippen LogP contribution in [0.3, 0.4) is 0 Å². The molecule has 0 aromatic carbocycles. The molecule has 1 aromatic heterocycles. The summed E-state index contributed by atoms with van der Waals surface area (Å²) < 4.78 is 16.0. The number of hydrogen-bond acceptors (Lipinski definition) is 4. The summed E-state index contributed by atoms with van der Waals surface area (Å²) in [5, 5.41) is 6.56. The maximum atomic E-state index is 5.59. The molecular weight excluding hydrogens is 270 g/mol. The minimum Gasteiger partial charge on any atom is -0.469 e. The van der Waals surface area contributed by atoms with Gasteiger partial charge in [0, 0.05) is 33.2 Å². The first kappa shape index (κ1) is 15.9. The molecular formula is C15H25N3O3. The third-order valence-corrected chi connectivity index (χ3v) is 3.32. The van der Waals surface area contributed by atoms with Crippen molar-refractivity contribution in [2.75, 3.05) is 40.0 Å². The van der Waals surface area contributed by atoms with Crippen molar-refractivity contribution in [3.05, 3.63) is 24.2 Å². The molecule has 0 spiro atoms. The van der Waals surface area contributed by atoms with Gasteiger partial charge in [0.05, 0.1) is 25.5 Å². The topological polar surface area (TPSA) is 68.0 Å². The Hall–Kier alpha value is -1.53. The Morgan fingerprint density at radius 3 is 3.05 bits per heavy atom. The predicted octanol–water partition coefficient (Wildman–Crippen LogP) is 1.18. The van der Waals surface area contributed by atoms with Gasteiger partial charge in [-0.3, -0.25) is 4.99 Å². The molecule has 2 heterocycles. The Bertz CT molecular complexity index is 400. The van der Waals surface area contributed by atoms with E-state index in [0.717, 1.165) is 50.7 Å². The highest BCUT2D eigenvalue weighted by Gasteiger charge is 2.14. The van der Waals surface area contributed by atoms with E-state index in [9.17, 15) is 0 Å². The van der Waals surface area contributed by atoms with E-state index in [4.69, 9.17) is 13.9 Å². The zero-order valence-electron chi connectivity index (χ0n) is 12.6. The number of methoxy groups -OCH3 is 1. The zero-order valence-corrected chi connectivity index (χ0v) is 12.6. The predicted molar refractivity (Wildman–Crippen MR) is 81.6 cm³/mol. The summed E-state index contributed by atoms with van der Waals surface area (Å²) in [7, 11) is 1.69. The molecule has 21 heavy (non-hydrogen) atoms. The van der Waals surface area contributed by atoms with Crippen LogP contribution in [0.4, 0.5) is 0 Å². The van der Waals surface area contributed by atoms with E-state index in [2.05, 4.69) is 15.6 Å². The van der Waals surface area contributed by atoms with Crippen LogP contribution < -0.4 is 10.6 Å². The van der Waals surface area contributed by atoms with E-state index < -0.39 is 0 Å². The molecule has 2 N–H and O–H groups in total. The molecule has 1 aliphatic rings. The van der Waals surface area contributed by atoms with Gasteiger partial charge in [0.15, 0.2) is 5.96 Å². The Morgan fingerprint density at radius 1 is 1.43 bits per heavy atom. The van der Waals surface area contributed by atoms with E-state index in [1.54, 1.807) is 13.4 Å². The van der Waals surface area contributed by atoms with Crippen LogP contribution in [-0.2, 0) is 15.9 Å². The average Bonchev–Trinajstić information content (AvgIpc) is 3.18. The Morgan fingerprint density at radius 2 is 2.33 bits per heavy atom. The number of guanidine groups is 1. The number of furan rings is 1. The molecule has 118 valence electrons. The lowest BCUT2D eigenvalue weighted by Crippen LogP contribution is -2.40. The van der Waals surface area contributed by atoms with Gasteiger partial charge in [0.25, 0.3) is 0 Å². The van der Waals surface area contributed by atoms with Crippen molar-refractivity contribution < 1.29 is 13.9 Å². The monoisotopic (exact) mass is 295 g/mol. The van der Waals surface area contributed by atoms with Gasteiger partial charge in [-0.1, -0.05) is 0 Å². The summed E-state index contributed by atoms with van der Waals surface area (Å²) in [5.41, 5.74) is 0. The molecule has 6 heteroatoms. The van der Waals surface area contributed by atoms with Gasteiger partial charge in [-0.15, -0.1) is 0 Å². The van der Waals surface area contributed by atoms with Gasteiger partial charge in [-0.05, 0) is 25.0 Å². The minimum absolute atomic E-state index is 0.260. The van der Waals surface area contributed by atoms with Crippen molar-refractivity contribution >= 4 is 5.96 Å². The molecule has 1 aromatic rings. The van der Waals surface area contributed by atoms with E-state index in [1.807, 2.05) is 12.1 Å². The van der Waals surface area contributed by atoms with Crippen LogP contribution in [0.25, 0.3) is 0 Å². The second kappa shape index (κ2) is 9.41. The summed E-state index contributed by atoms with van der Waals surface area (Å²) >= 11 is 0. The van der Waals surface area contributed by atoms with Gasteiger partial charge >= 0.3 is 0 Å². The Kier molecular flexibility index (Phi) is 7.11. The second-order valence-corrected chi connectivity index (χ2v) is 5.00. The summed E-state index contributed by atoms with van der Waals surface area (Å²) in [6.07, 6.45) is 5.02. The largest absolute Gasteiger partial charge is 0.469 e. The fraction of sp³-hybridized carbons (Fsp3) is 0.667. The number of nitrogens with one attached hydrogen (secondary N) is 2. The third-order valence-electron chi connectivity index (χ3n) is 3.32. The lowest BCUT2D eigenvalue weighted by atomic mass is 10.2. The first-order chi connectivity index (χ1) is 10.4. The second-order valence-electron chi connectivity index (χ2n) is 5.00. The molecule has 0 bridgehead atoms. The molecule has 2 rings (SSSR count). The lowest BCUT2D eigenvalue weighted by Gasteiger charge is -2.13. The highest BCUT2D eigenvalue weighted by atomic mass is 16.5. The Labute approximate surface area is 125 Å². The maximum absolute atomic E-state index is 5.59. The van der Waals surface area contributed by atoms with Crippen LogP contribution in [0.2, 0.25) is 0 Å². The van der Waals surface area contributed by atoms with Crippen molar-refractivity contribution in [2.45, 2.75) is 25.4 Å². The SMILES string of the molecule is COCCNC(=NCC1CCCO1)NCCc1ccco1. The van der Waals surface area contributed by atoms with Crippen molar-refractivity contribution in [3.8, 4) is 0 Å². The molecule has 1 aliphatic heterocycles. The van der Waals surface area contributed by atoms with Crippen LogP contribution in [0.1, 0.15) is 18.6 Å². The van der Waals surface area contributed by atoms with Crippen molar-refractivity contribution in [2.24, 2.45) is 4.99 Å². The Balaban J connectivity index is 1.74. The molecule has 0 aliphatic carbocycles. The molecule has 0 radical (unpaired) electrons. The minimum atomic E-state index is 0.260. The number of hydrogen-bond donors (Lipinski definition) is 2. The molecule has 0 saturated carbocycles. The smallest absolute Gasteiger partial charge is 0.191 e. The molecule has 1 fully saturated rings. The lowest BCUT2D eigenvalue weighted by molar-refractivity contribution is 0.117. The molecule has 1 unspecified atom stereocenters. The maximum Gasteiger partial charge on any atom is 0.191 e. The molecule has 6 nitrogen and oxygen atoms in total. The molecule has 1 atom stereocenters. The number of nitrogens with zero attached hydrogens (tertiary/aromatic N) is 1. The van der Waals surface area contributed by atoms with Gasteiger partial charge in [0.1, 0.15) is 5.76 Å². The fourth-order valence-corrected chi connectivity index (χ4v) is 2.19. The summed E-state index contributed by atoms with van der Waals surface area (Å²) in [4.78, 5) is 4.58. The zero-order chi connectivity index (χ0) is 14.8. The van der Waals surface area contributed by atoms with E-state index in [1.165, 1.54) is 0 Å². The summed E-state index contributed by atoms with van der Waals surface area (Å²) in [5.74, 6) is 1.77. The number of aliphatic imine (C=N–C) groups is 1. The first-order valence-corrected chi connectivity index (χ1v) is 7.53.